The number of hydrogen-bond donors (Lipinski definition) is 3. The Bertz CT molecular complexity index is 765. The first-order valence-corrected chi connectivity index (χ1v) is 9.76. The van der Waals surface area contributed by atoms with Crippen LogP contribution in [-0.4, -0.2) is 40.1 Å². The summed E-state index contributed by atoms with van der Waals surface area (Å²) in [6, 6.07) is 3.38. The first-order valence-electron chi connectivity index (χ1n) is 8.27. The standard InChI is InChI=1S/C16H22FN3O4S.ClH/c17-13-4-3-12(9-14(13)25(22,23)20-11-1-2-11)19-15(21)16(10-18)5-7-24-8-6-16;/h3-4,9,11,20H,1-2,5-8,10,18H2,(H,19,21);1H. The Hall–Kier alpha value is -1.26. The molecule has 2 fully saturated rings. The Balaban J connectivity index is 0.00000243. The van der Waals surface area contributed by atoms with Gasteiger partial charge in [-0.25, -0.2) is 17.5 Å². The quantitative estimate of drug-likeness (QED) is 0.659. The number of rotatable bonds is 6. The number of halogens is 2. The highest BCUT2D eigenvalue weighted by atomic mass is 35.5. The number of nitrogens with one attached hydrogen (secondary N) is 2. The van der Waals surface area contributed by atoms with Gasteiger partial charge in [0.15, 0.2) is 0 Å². The molecule has 1 aliphatic heterocycles. The normalized spacial score (nSPS) is 19.5. The van der Waals surface area contributed by atoms with E-state index in [4.69, 9.17) is 10.5 Å². The van der Waals surface area contributed by atoms with Crippen LogP contribution in [0, 0.1) is 11.2 Å². The summed E-state index contributed by atoms with van der Waals surface area (Å²) in [7, 11) is -3.95. The Kier molecular flexibility index (Phi) is 6.62. The molecule has 0 aromatic heterocycles. The zero-order valence-corrected chi connectivity index (χ0v) is 15.8. The molecule has 0 radical (unpaired) electrons. The molecule has 1 aromatic rings. The predicted molar refractivity (Wildman–Crippen MR) is 97.2 cm³/mol. The van der Waals surface area contributed by atoms with Crippen molar-refractivity contribution in [2.24, 2.45) is 11.1 Å². The summed E-state index contributed by atoms with van der Waals surface area (Å²) in [4.78, 5) is 12.2. The first kappa shape index (κ1) is 21.0. The van der Waals surface area contributed by atoms with Crippen molar-refractivity contribution >= 4 is 34.0 Å². The number of hydrogen-bond acceptors (Lipinski definition) is 5. The number of amides is 1. The van der Waals surface area contributed by atoms with E-state index in [1.165, 1.54) is 6.07 Å². The number of nitrogens with two attached hydrogens (primary N) is 1. The van der Waals surface area contributed by atoms with Crippen molar-refractivity contribution < 1.29 is 22.3 Å². The number of sulfonamides is 1. The lowest BCUT2D eigenvalue weighted by molar-refractivity contribution is -0.130. The third kappa shape index (κ3) is 4.52. The lowest BCUT2D eigenvalue weighted by atomic mass is 9.79. The maximum absolute atomic E-state index is 14.0. The van der Waals surface area contributed by atoms with Gasteiger partial charge in [0, 0.05) is 31.5 Å². The first-order chi connectivity index (χ1) is 11.9. The SMILES string of the molecule is Cl.NCC1(C(=O)Nc2ccc(F)c(S(=O)(=O)NC3CC3)c2)CCOCC1. The van der Waals surface area contributed by atoms with Gasteiger partial charge in [-0.2, -0.15) is 0 Å². The highest BCUT2D eigenvalue weighted by Crippen LogP contribution is 2.31. The smallest absolute Gasteiger partial charge is 0.243 e. The molecule has 7 nitrogen and oxygen atoms in total. The van der Waals surface area contributed by atoms with E-state index in [0.717, 1.165) is 25.0 Å². The molecule has 1 amide bonds. The Morgan fingerprint density at radius 2 is 1.96 bits per heavy atom. The molecule has 0 unspecified atom stereocenters. The molecule has 4 N–H and O–H groups in total. The van der Waals surface area contributed by atoms with Crippen molar-refractivity contribution in [3.05, 3.63) is 24.0 Å². The van der Waals surface area contributed by atoms with E-state index in [0.29, 0.717) is 26.1 Å². The van der Waals surface area contributed by atoms with E-state index < -0.39 is 26.2 Å². The van der Waals surface area contributed by atoms with Crippen LogP contribution >= 0.6 is 12.4 Å². The van der Waals surface area contributed by atoms with Crippen LogP contribution in [0.4, 0.5) is 10.1 Å². The lowest BCUT2D eigenvalue weighted by Crippen LogP contribution is -2.46. The number of ether oxygens (including phenoxy) is 1. The van der Waals surface area contributed by atoms with Gasteiger partial charge < -0.3 is 15.8 Å². The molecule has 0 atom stereocenters. The summed E-state index contributed by atoms with van der Waals surface area (Å²) in [5.74, 6) is -1.16. The van der Waals surface area contributed by atoms with Crippen molar-refractivity contribution in [1.82, 2.24) is 4.72 Å². The summed E-state index contributed by atoms with van der Waals surface area (Å²) >= 11 is 0. The van der Waals surface area contributed by atoms with Crippen molar-refractivity contribution in [3.8, 4) is 0 Å². The van der Waals surface area contributed by atoms with E-state index >= 15 is 0 Å². The minimum atomic E-state index is -3.95. The topological polar surface area (TPSA) is 111 Å². The minimum absolute atomic E-state index is 0. The second-order valence-corrected chi connectivity index (χ2v) is 8.27. The molecular formula is C16H23ClFN3O4S. The van der Waals surface area contributed by atoms with Gasteiger partial charge in [0.05, 0.1) is 5.41 Å². The van der Waals surface area contributed by atoms with E-state index in [-0.39, 0.29) is 36.6 Å². The highest BCUT2D eigenvalue weighted by Gasteiger charge is 2.39. The summed E-state index contributed by atoms with van der Waals surface area (Å²) in [6.07, 6.45) is 2.48. The maximum atomic E-state index is 14.0. The van der Waals surface area contributed by atoms with Crippen LogP contribution in [0.5, 0.6) is 0 Å². The molecule has 1 saturated heterocycles. The minimum Gasteiger partial charge on any atom is -0.381 e. The Morgan fingerprint density at radius 1 is 1.31 bits per heavy atom. The molecule has 0 spiro atoms. The summed E-state index contributed by atoms with van der Waals surface area (Å²) in [5.41, 5.74) is 5.27. The van der Waals surface area contributed by atoms with Gasteiger partial charge in [0.2, 0.25) is 15.9 Å². The monoisotopic (exact) mass is 407 g/mol. The van der Waals surface area contributed by atoms with Gasteiger partial charge >= 0.3 is 0 Å². The van der Waals surface area contributed by atoms with E-state index in [9.17, 15) is 17.6 Å². The second-order valence-electron chi connectivity index (χ2n) is 6.59. The van der Waals surface area contributed by atoms with Gasteiger partial charge in [-0.3, -0.25) is 4.79 Å². The van der Waals surface area contributed by atoms with Crippen LogP contribution in [-0.2, 0) is 19.6 Å². The molecule has 1 aromatic carbocycles. The maximum Gasteiger partial charge on any atom is 0.243 e. The zero-order valence-electron chi connectivity index (χ0n) is 14.2. The van der Waals surface area contributed by atoms with Crippen molar-refractivity contribution in [2.45, 2.75) is 36.6 Å². The molecule has 2 aliphatic rings. The third-order valence-electron chi connectivity index (χ3n) is 4.70. The third-order valence-corrected chi connectivity index (χ3v) is 6.24. The van der Waals surface area contributed by atoms with E-state index in [1.54, 1.807) is 0 Å². The van der Waals surface area contributed by atoms with Crippen LogP contribution in [0.1, 0.15) is 25.7 Å². The van der Waals surface area contributed by atoms with Crippen LogP contribution in [0.2, 0.25) is 0 Å². The average molecular weight is 408 g/mol. The molecule has 10 heteroatoms. The van der Waals surface area contributed by atoms with Crippen LogP contribution < -0.4 is 15.8 Å². The molecule has 1 heterocycles. The molecule has 26 heavy (non-hydrogen) atoms. The zero-order chi connectivity index (χ0) is 18.1. The molecule has 1 aliphatic carbocycles. The number of benzene rings is 1. The van der Waals surface area contributed by atoms with Gasteiger partial charge in [-0.15, -0.1) is 12.4 Å². The molecule has 0 bridgehead atoms. The Morgan fingerprint density at radius 3 is 2.54 bits per heavy atom. The van der Waals surface area contributed by atoms with Crippen LogP contribution in [0.3, 0.4) is 0 Å². The van der Waals surface area contributed by atoms with Crippen molar-refractivity contribution in [1.29, 1.82) is 0 Å². The van der Waals surface area contributed by atoms with Gasteiger partial charge in [0.25, 0.3) is 0 Å². The fourth-order valence-electron chi connectivity index (χ4n) is 2.82. The summed E-state index contributed by atoms with van der Waals surface area (Å²) in [5, 5.41) is 2.68. The summed E-state index contributed by atoms with van der Waals surface area (Å²) in [6.45, 7) is 1.05. The predicted octanol–water partition coefficient (Wildman–Crippen LogP) is 1.38. The fraction of sp³-hybridized carbons (Fsp3) is 0.562. The van der Waals surface area contributed by atoms with Crippen molar-refractivity contribution in [3.63, 3.8) is 0 Å². The van der Waals surface area contributed by atoms with Crippen LogP contribution in [0.25, 0.3) is 0 Å². The largest absolute Gasteiger partial charge is 0.381 e. The molecular weight excluding hydrogens is 385 g/mol. The fourth-order valence-corrected chi connectivity index (χ4v) is 4.23. The lowest BCUT2D eigenvalue weighted by Gasteiger charge is -2.34. The summed E-state index contributed by atoms with van der Waals surface area (Å²) < 4.78 is 46.2. The highest BCUT2D eigenvalue weighted by molar-refractivity contribution is 7.89. The van der Waals surface area contributed by atoms with Gasteiger partial charge in [0.1, 0.15) is 10.7 Å². The van der Waals surface area contributed by atoms with Crippen LogP contribution in [0.15, 0.2) is 23.1 Å². The molecule has 146 valence electrons. The van der Waals surface area contributed by atoms with Gasteiger partial charge in [-0.1, -0.05) is 0 Å². The number of carbonyl (C=O) groups excluding carboxylic acids is 1. The number of anilines is 1. The Labute approximate surface area is 158 Å². The molecule has 3 rings (SSSR count). The van der Waals surface area contributed by atoms with E-state index in [1.807, 2.05) is 0 Å². The van der Waals surface area contributed by atoms with E-state index in [2.05, 4.69) is 10.0 Å². The van der Waals surface area contributed by atoms with Gasteiger partial charge in [-0.05, 0) is 43.9 Å². The molecule has 1 saturated carbocycles. The number of carbonyl (C=O) groups is 1. The second kappa shape index (κ2) is 8.18. The average Bonchev–Trinajstić information content (AvgIpc) is 3.40. The van der Waals surface area contributed by atoms with Crippen molar-refractivity contribution in [2.75, 3.05) is 25.1 Å².